The Balaban J connectivity index is 2.06. The van der Waals surface area contributed by atoms with Gasteiger partial charge in [0, 0.05) is 30.5 Å². The molecule has 0 aliphatic heterocycles. The van der Waals surface area contributed by atoms with Crippen molar-refractivity contribution in [3.63, 3.8) is 0 Å². The van der Waals surface area contributed by atoms with Crippen LogP contribution in [-0.4, -0.2) is 9.55 Å². The fourth-order valence-electron chi connectivity index (χ4n) is 2.58. The van der Waals surface area contributed by atoms with Crippen molar-refractivity contribution < 1.29 is 0 Å². The molecule has 118 valence electrons. The molecule has 0 aliphatic carbocycles. The van der Waals surface area contributed by atoms with Gasteiger partial charge in [0.1, 0.15) is 5.82 Å². The highest BCUT2D eigenvalue weighted by Gasteiger charge is 2.11. The standard InChI is InChI=1S/C19H22N4/c1-2-17-13-23(18-9-5-15(12-21)6-10-18)19(22-17)16-7-3-14(11-20)4-8-16/h3-10,13H,2,11-12,20-21H2,1H3. The first-order chi connectivity index (χ1) is 11.2. The highest BCUT2D eigenvalue weighted by atomic mass is 15.1. The molecule has 0 saturated carbocycles. The van der Waals surface area contributed by atoms with Crippen molar-refractivity contribution in [1.29, 1.82) is 0 Å². The van der Waals surface area contributed by atoms with Gasteiger partial charge >= 0.3 is 0 Å². The largest absolute Gasteiger partial charge is 0.326 e. The molecule has 1 heterocycles. The fourth-order valence-corrected chi connectivity index (χ4v) is 2.58. The lowest BCUT2D eigenvalue weighted by atomic mass is 10.1. The molecule has 1 aromatic heterocycles. The maximum atomic E-state index is 5.68. The van der Waals surface area contributed by atoms with E-state index in [0.29, 0.717) is 13.1 Å². The number of aromatic nitrogens is 2. The van der Waals surface area contributed by atoms with E-state index in [9.17, 15) is 0 Å². The Hall–Kier alpha value is -2.43. The molecule has 0 spiro atoms. The third kappa shape index (κ3) is 3.18. The molecule has 0 amide bonds. The molecule has 2 aromatic carbocycles. The summed E-state index contributed by atoms with van der Waals surface area (Å²) in [5, 5.41) is 0. The van der Waals surface area contributed by atoms with E-state index in [2.05, 4.69) is 66.2 Å². The van der Waals surface area contributed by atoms with Gasteiger partial charge < -0.3 is 11.5 Å². The smallest absolute Gasteiger partial charge is 0.144 e. The Labute approximate surface area is 136 Å². The summed E-state index contributed by atoms with van der Waals surface area (Å²) in [4.78, 5) is 4.78. The first kappa shape index (κ1) is 15.5. The van der Waals surface area contributed by atoms with Gasteiger partial charge in [0.2, 0.25) is 0 Å². The molecule has 0 fully saturated rings. The normalized spacial score (nSPS) is 10.9. The molecular formula is C19H22N4. The summed E-state index contributed by atoms with van der Waals surface area (Å²) >= 11 is 0. The minimum absolute atomic E-state index is 0.551. The van der Waals surface area contributed by atoms with Crippen LogP contribution in [-0.2, 0) is 19.5 Å². The van der Waals surface area contributed by atoms with Crippen molar-refractivity contribution in [3.05, 3.63) is 71.5 Å². The van der Waals surface area contributed by atoms with Gasteiger partial charge in [-0.1, -0.05) is 43.3 Å². The van der Waals surface area contributed by atoms with E-state index in [0.717, 1.165) is 40.3 Å². The lowest BCUT2D eigenvalue weighted by Gasteiger charge is -2.09. The molecule has 23 heavy (non-hydrogen) atoms. The number of imidazole rings is 1. The highest BCUT2D eigenvalue weighted by molar-refractivity contribution is 5.60. The third-order valence-corrected chi connectivity index (χ3v) is 4.02. The summed E-state index contributed by atoms with van der Waals surface area (Å²) in [6, 6.07) is 16.5. The molecule has 4 N–H and O–H groups in total. The van der Waals surface area contributed by atoms with Crippen LogP contribution in [0, 0.1) is 0 Å². The van der Waals surface area contributed by atoms with E-state index in [1.807, 2.05) is 0 Å². The van der Waals surface area contributed by atoms with Gasteiger partial charge in [0.05, 0.1) is 5.69 Å². The Morgan fingerprint density at radius 2 is 1.43 bits per heavy atom. The third-order valence-electron chi connectivity index (χ3n) is 4.02. The lowest BCUT2D eigenvalue weighted by molar-refractivity contribution is 1.04. The first-order valence-corrected chi connectivity index (χ1v) is 7.92. The van der Waals surface area contributed by atoms with Crippen LogP contribution < -0.4 is 11.5 Å². The van der Waals surface area contributed by atoms with E-state index in [1.54, 1.807) is 0 Å². The van der Waals surface area contributed by atoms with Crippen molar-refractivity contribution in [2.75, 3.05) is 0 Å². The number of aryl methyl sites for hydroxylation is 1. The summed E-state index contributed by atoms with van der Waals surface area (Å²) in [5.74, 6) is 0.950. The van der Waals surface area contributed by atoms with E-state index < -0.39 is 0 Å². The fraction of sp³-hybridized carbons (Fsp3) is 0.211. The second-order valence-electron chi connectivity index (χ2n) is 5.55. The van der Waals surface area contributed by atoms with Gasteiger partial charge in [-0.2, -0.15) is 0 Å². The molecule has 0 unspecified atom stereocenters. The summed E-state index contributed by atoms with van der Waals surface area (Å²) in [6.45, 7) is 3.22. The van der Waals surface area contributed by atoms with Gasteiger partial charge in [0.15, 0.2) is 0 Å². The Morgan fingerprint density at radius 3 is 1.96 bits per heavy atom. The topological polar surface area (TPSA) is 69.9 Å². The minimum atomic E-state index is 0.551. The van der Waals surface area contributed by atoms with Gasteiger partial charge in [0.25, 0.3) is 0 Å². The van der Waals surface area contributed by atoms with Gasteiger partial charge in [-0.25, -0.2) is 4.98 Å². The zero-order chi connectivity index (χ0) is 16.2. The first-order valence-electron chi connectivity index (χ1n) is 7.92. The SMILES string of the molecule is CCc1cn(-c2ccc(CN)cc2)c(-c2ccc(CN)cc2)n1. The van der Waals surface area contributed by atoms with Crippen LogP contribution in [0.1, 0.15) is 23.7 Å². The predicted octanol–water partition coefficient (Wildman–Crippen LogP) is 3.02. The molecule has 0 radical (unpaired) electrons. The number of benzene rings is 2. The van der Waals surface area contributed by atoms with Crippen LogP contribution >= 0.6 is 0 Å². The van der Waals surface area contributed by atoms with E-state index in [4.69, 9.17) is 16.5 Å². The second kappa shape index (κ2) is 6.77. The van der Waals surface area contributed by atoms with Crippen LogP contribution in [0.4, 0.5) is 0 Å². The lowest BCUT2D eigenvalue weighted by Crippen LogP contribution is -2.00. The van der Waals surface area contributed by atoms with Crippen LogP contribution in [0.2, 0.25) is 0 Å². The summed E-state index contributed by atoms with van der Waals surface area (Å²) in [5.41, 5.74) is 16.9. The van der Waals surface area contributed by atoms with Crippen molar-refractivity contribution in [2.24, 2.45) is 11.5 Å². The van der Waals surface area contributed by atoms with Crippen LogP contribution in [0.15, 0.2) is 54.7 Å². The zero-order valence-electron chi connectivity index (χ0n) is 13.4. The number of rotatable bonds is 5. The van der Waals surface area contributed by atoms with E-state index >= 15 is 0 Å². The maximum Gasteiger partial charge on any atom is 0.144 e. The average Bonchev–Trinajstić information content (AvgIpc) is 3.06. The minimum Gasteiger partial charge on any atom is -0.326 e. The molecule has 4 heteroatoms. The summed E-state index contributed by atoms with van der Waals surface area (Å²) in [7, 11) is 0. The van der Waals surface area contributed by atoms with E-state index in [-0.39, 0.29) is 0 Å². The zero-order valence-corrected chi connectivity index (χ0v) is 13.4. The molecule has 0 saturated heterocycles. The van der Waals surface area contributed by atoms with Crippen LogP contribution in [0.25, 0.3) is 17.1 Å². The summed E-state index contributed by atoms with van der Waals surface area (Å²) < 4.78 is 2.14. The van der Waals surface area contributed by atoms with Crippen molar-refractivity contribution in [3.8, 4) is 17.1 Å². The predicted molar refractivity (Wildman–Crippen MR) is 94.2 cm³/mol. The molecule has 3 rings (SSSR count). The molecule has 3 aromatic rings. The molecule has 0 atom stereocenters. The van der Waals surface area contributed by atoms with Crippen molar-refractivity contribution in [1.82, 2.24) is 9.55 Å². The average molecular weight is 306 g/mol. The number of hydrogen-bond acceptors (Lipinski definition) is 3. The number of hydrogen-bond donors (Lipinski definition) is 2. The highest BCUT2D eigenvalue weighted by Crippen LogP contribution is 2.24. The summed E-state index contributed by atoms with van der Waals surface area (Å²) in [6.07, 6.45) is 3.01. The van der Waals surface area contributed by atoms with Crippen LogP contribution in [0.5, 0.6) is 0 Å². The Bertz CT molecular complexity index is 705. The van der Waals surface area contributed by atoms with Gasteiger partial charge in [-0.05, 0) is 29.7 Å². The van der Waals surface area contributed by atoms with Crippen LogP contribution in [0.3, 0.4) is 0 Å². The van der Waals surface area contributed by atoms with Gasteiger partial charge in [-0.3, -0.25) is 4.57 Å². The Kier molecular flexibility index (Phi) is 4.55. The second-order valence-corrected chi connectivity index (χ2v) is 5.55. The molecule has 0 aliphatic rings. The number of nitrogens with two attached hydrogens (primary N) is 2. The van der Waals surface area contributed by atoms with Crippen molar-refractivity contribution in [2.45, 2.75) is 26.4 Å². The molecule has 4 nitrogen and oxygen atoms in total. The number of nitrogens with zero attached hydrogens (tertiary/aromatic N) is 2. The Morgan fingerprint density at radius 1 is 0.870 bits per heavy atom. The van der Waals surface area contributed by atoms with Gasteiger partial charge in [-0.15, -0.1) is 0 Å². The monoisotopic (exact) mass is 306 g/mol. The molecule has 0 bridgehead atoms. The van der Waals surface area contributed by atoms with Crippen molar-refractivity contribution >= 4 is 0 Å². The quantitative estimate of drug-likeness (QED) is 0.761. The molecular weight excluding hydrogens is 284 g/mol. The maximum absolute atomic E-state index is 5.68. The van der Waals surface area contributed by atoms with E-state index in [1.165, 1.54) is 0 Å².